The Morgan fingerprint density at radius 1 is 1.22 bits per heavy atom. The summed E-state index contributed by atoms with van der Waals surface area (Å²) in [6.45, 7) is 5.25. The van der Waals surface area contributed by atoms with Gasteiger partial charge in [0, 0.05) is 6.07 Å². The number of fused-ring (bicyclic) bond motifs is 1. The van der Waals surface area contributed by atoms with E-state index in [9.17, 15) is 9.59 Å². The molecule has 7 heteroatoms. The molecule has 2 N–H and O–H groups in total. The van der Waals surface area contributed by atoms with Crippen LogP contribution >= 0.6 is 0 Å². The van der Waals surface area contributed by atoms with Gasteiger partial charge < -0.3 is 14.2 Å². The molecular weight excluding hydrogens is 300 g/mol. The van der Waals surface area contributed by atoms with Gasteiger partial charge in [0.05, 0.1) is 19.9 Å². The SMILES string of the molecule is COc1cc2c(cc1OC)N(N)C(=O)C(C(=O)OC(C)(C)C)C2. The number of amides is 1. The number of carbonyl (C=O) groups excluding carboxylic acids is 2. The Morgan fingerprint density at radius 2 is 1.78 bits per heavy atom. The molecule has 0 spiro atoms. The molecule has 0 bridgehead atoms. The van der Waals surface area contributed by atoms with Gasteiger partial charge in [0.25, 0.3) is 5.91 Å². The van der Waals surface area contributed by atoms with E-state index in [1.807, 2.05) is 0 Å². The molecule has 1 aromatic carbocycles. The number of hydrazine groups is 1. The van der Waals surface area contributed by atoms with Crippen molar-refractivity contribution in [2.24, 2.45) is 11.8 Å². The molecule has 0 aliphatic carbocycles. The number of hydrogen-bond donors (Lipinski definition) is 1. The number of ether oxygens (including phenoxy) is 3. The van der Waals surface area contributed by atoms with Crippen molar-refractivity contribution in [3.05, 3.63) is 17.7 Å². The van der Waals surface area contributed by atoms with E-state index in [0.717, 1.165) is 10.6 Å². The summed E-state index contributed by atoms with van der Waals surface area (Å²) in [6, 6.07) is 3.34. The van der Waals surface area contributed by atoms with Gasteiger partial charge in [-0.3, -0.25) is 9.59 Å². The predicted octanol–water partition coefficient (Wildman–Crippen LogP) is 1.42. The first kappa shape index (κ1) is 17.1. The predicted molar refractivity (Wildman–Crippen MR) is 84.3 cm³/mol. The molecule has 1 aromatic rings. The number of carbonyl (C=O) groups is 2. The number of nitrogens with two attached hydrogens (primary N) is 1. The summed E-state index contributed by atoms with van der Waals surface area (Å²) in [4.78, 5) is 24.7. The Hall–Kier alpha value is -2.28. The van der Waals surface area contributed by atoms with E-state index in [-0.39, 0.29) is 6.42 Å². The molecular formula is C16H22N2O5. The molecule has 1 heterocycles. The molecule has 0 aromatic heterocycles. The highest BCUT2D eigenvalue weighted by Gasteiger charge is 2.39. The van der Waals surface area contributed by atoms with Crippen LogP contribution in [0, 0.1) is 5.92 Å². The van der Waals surface area contributed by atoms with Crippen LogP contribution in [0.5, 0.6) is 11.5 Å². The van der Waals surface area contributed by atoms with E-state index >= 15 is 0 Å². The van der Waals surface area contributed by atoms with Gasteiger partial charge in [-0.05, 0) is 38.8 Å². The Kier molecular flexibility index (Phi) is 4.51. The van der Waals surface area contributed by atoms with Gasteiger partial charge in [-0.2, -0.15) is 0 Å². The third-order valence-electron chi connectivity index (χ3n) is 3.50. The van der Waals surface area contributed by atoms with E-state index < -0.39 is 23.4 Å². The monoisotopic (exact) mass is 322 g/mol. The summed E-state index contributed by atoms with van der Waals surface area (Å²) in [7, 11) is 3.02. The Morgan fingerprint density at radius 3 is 2.30 bits per heavy atom. The largest absolute Gasteiger partial charge is 0.493 e. The van der Waals surface area contributed by atoms with Crippen LogP contribution in [0.25, 0.3) is 0 Å². The van der Waals surface area contributed by atoms with Crippen molar-refractivity contribution in [2.45, 2.75) is 32.8 Å². The maximum atomic E-state index is 12.4. The maximum absolute atomic E-state index is 12.4. The highest BCUT2D eigenvalue weighted by molar-refractivity contribution is 6.08. The summed E-state index contributed by atoms with van der Waals surface area (Å²) in [5.41, 5.74) is 0.544. The summed E-state index contributed by atoms with van der Waals surface area (Å²) in [6.07, 6.45) is 0.205. The summed E-state index contributed by atoms with van der Waals surface area (Å²) >= 11 is 0. The summed E-state index contributed by atoms with van der Waals surface area (Å²) in [5, 5.41) is 0.968. The molecule has 23 heavy (non-hydrogen) atoms. The van der Waals surface area contributed by atoms with Gasteiger partial charge in [-0.15, -0.1) is 0 Å². The molecule has 1 amide bonds. The van der Waals surface area contributed by atoms with E-state index in [1.54, 1.807) is 32.9 Å². The fourth-order valence-electron chi connectivity index (χ4n) is 2.45. The van der Waals surface area contributed by atoms with Gasteiger partial charge in [0.1, 0.15) is 11.5 Å². The van der Waals surface area contributed by atoms with E-state index in [2.05, 4.69) is 0 Å². The van der Waals surface area contributed by atoms with Crippen LogP contribution in [0.3, 0.4) is 0 Å². The van der Waals surface area contributed by atoms with E-state index in [0.29, 0.717) is 17.2 Å². The number of methoxy groups -OCH3 is 2. The van der Waals surface area contributed by atoms with Crippen molar-refractivity contribution in [1.82, 2.24) is 0 Å². The Labute approximate surface area is 135 Å². The maximum Gasteiger partial charge on any atom is 0.319 e. The van der Waals surface area contributed by atoms with Crippen LogP contribution in [0.15, 0.2) is 12.1 Å². The van der Waals surface area contributed by atoms with Crippen LogP contribution in [0.4, 0.5) is 5.69 Å². The van der Waals surface area contributed by atoms with Crippen LogP contribution in [-0.2, 0) is 20.7 Å². The van der Waals surface area contributed by atoms with Crippen molar-refractivity contribution >= 4 is 17.6 Å². The van der Waals surface area contributed by atoms with Gasteiger partial charge >= 0.3 is 5.97 Å². The van der Waals surface area contributed by atoms with Gasteiger partial charge in [-0.25, -0.2) is 10.9 Å². The lowest BCUT2D eigenvalue weighted by atomic mass is 9.92. The van der Waals surface area contributed by atoms with Crippen molar-refractivity contribution in [1.29, 1.82) is 0 Å². The van der Waals surface area contributed by atoms with Crippen LogP contribution in [0.2, 0.25) is 0 Å². The minimum Gasteiger partial charge on any atom is -0.493 e. The molecule has 0 saturated heterocycles. The fourth-order valence-corrected chi connectivity index (χ4v) is 2.45. The average molecular weight is 322 g/mol. The quantitative estimate of drug-likeness (QED) is 0.392. The van der Waals surface area contributed by atoms with Crippen LogP contribution in [0.1, 0.15) is 26.3 Å². The zero-order valence-corrected chi connectivity index (χ0v) is 14.0. The molecule has 0 fully saturated rings. The summed E-state index contributed by atoms with van der Waals surface area (Å²) in [5.74, 6) is 4.80. The molecule has 1 atom stereocenters. The number of anilines is 1. The lowest BCUT2D eigenvalue weighted by molar-refractivity contribution is -0.162. The molecule has 1 aliphatic rings. The molecule has 1 aliphatic heterocycles. The van der Waals surface area contributed by atoms with Crippen LogP contribution < -0.4 is 20.3 Å². The molecule has 0 radical (unpaired) electrons. The minimum atomic E-state index is -0.968. The third kappa shape index (κ3) is 3.39. The highest BCUT2D eigenvalue weighted by Crippen LogP contribution is 2.38. The van der Waals surface area contributed by atoms with Crippen molar-refractivity contribution < 1.29 is 23.8 Å². The van der Waals surface area contributed by atoms with Gasteiger partial charge in [0.2, 0.25) is 0 Å². The zero-order valence-electron chi connectivity index (χ0n) is 14.0. The average Bonchev–Trinajstić information content (AvgIpc) is 2.47. The van der Waals surface area contributed by atoms with Gasteiger partial charge in [-0.1, -0.05) is 0 Å². The fraction of sp³-hybridized carbons (Fsp3) is 0.500. The zero-order chi connectivity index (χ0) is 17.4. The topological polar surface area (TPSA) is 91.1 Å². The number of benzene rings is 1. The molecule has 7 nitrogen and oxygen atoms in total. The standard InChI is InChI=1S/C16H22N2O5/c1-16(2,3)23-15(20)10-6-9-7-12(21-4)13(22-5)8-11(9)18(17)14(10)19/h7-8,10H,6,17H2,1-5H3. The second kappa shape index (κ2) is 6.08. The van der Waals surface area contributed by atoms with E-state index in [1.165, 1.54) is 14.2 Å². The summed E-state index contributed by atoms with van der Waals surface area (Å²) < 4.78 is 15.8. The second-order valence-corrected chi connectivity index (χ2v) is 6.33. The minimum absolute atomic E-state index is 0.205. The molecule has 1 unspecified atom stereocenters. The van der Waals surface area contributed by atoms with Crippen molar-refractivity contribution in [2.75, 3.05) is 19.2 Å². The number of esters is 1. The number of hydrogen-bond acceptors (Lipinski definition) is 6. The van der Waals surface area contributed by atoms with Gasteiger partial charge in [0.15, 0.2) is 11.5 Å². The first-order chi connectivity index (χ1) is 10.7. The van der Waals surface area contributed by atoms with Crippen LogP contribution in [-0.4, -0.2) is 31.7 Å². The first-order valence-corrected chi connectivity index (χ1v) is 7.24. The smallest absolute Gasteiger partial charge is 0.319 e. The normalized spacial score (nSPS) is 17.6. The lowest BCUT2D eigenvalue weighted by Crippen LogP contribution is -2.49. The molecule has 0 saturated carbocycles. The first-order valence-electron chi connectivity index (χ1n) is 7.24. The Bertz CT molecular complexity index is 636. The number of nitrogens with zero attached hydrogens (tertiary/aromatic N) is 1. The lowest BCUT2D eigenvalue weighted by Gasteiger charge is -2.32. The van der Waals surface area contributed by atoms with Crippen molar-refractivity contribution in [3.8, 4) is 11.5 Å². The van der Waals surface area contributed by atoms with Crippen molar-refractivity contribution in [3.63, 3.8) is 0 Å². The number of rotatable bonds is 3. The molecule has 126 valence electrons. The Balaban J connectivity index is 2.38. The van der Waals surface area contributed by atoms with E-state index in [4.69, 9.17) is 20.1 Å². The highest BCUT2D eigenvalue weighted by atomic mass is 16.6. The molecule has 2 rings (SSSR count). The second-order valence-electron chi connectivity index (χ2n) is 6.33. The third-order valence-corrected chi connectivity index (χ3v) is 3.50.